The molecule has 1 aromatic heterocycles. The van der Waals surface area contributed by atoms with E-state index in [1.54, 1.807) is 0 Å². The zero-order valence-electron chi connectivity index (χ0n) is 21.1. The summed E-state index contributed by atoms with van der Waals surface area (Å²) in [6.45, 7) is 7.53. The van der Waals surface area contributed by atoms with E-state index in [4.69, 9.17) is 19.3 Å². The van der Waals surface area contributed by atoms with Gasteiger partial charge in [-0.05, 0) is 49.1 Å². The maximum absolute atomic E-state index is 10.4. The Bertz CT molecular complexity index is 951. The van der Waals surface area contributed by atoms with Gasteiger partial charge in [-0.15, -0.1) is 5.10 Å². The normalized spacial score (nSPS) is 24.3. The summed E-state index contributed by atoms with van der Waals surface area (Å²) in [7, 11) is 0. The van der Waals surface area contributed by atoms with Crippen molar-refractivity contribution in [2.24, 2.45) is 0 Å². The highest BCUT2D eigenvalue weighted by Crippen LogP contribution is 2.32. The molecule has 11 heteroatoms. The first kappa shape index (κ1) is 28.3. The van der Waals surface area contributed by atoms with Gasteiger partial charge in [0.25, 0.3) is 0 Å². The van der Waals surface area contributed by atoms with Crippen LogP contribution < -0.4 is 14.8 Å². The van der Waals surface area contributed by atoms with E-state index in [1.807, 2.05) is 39.0 Å². The van der Waals surface area contributed by atoms with Crippen molar-refractivity contribution in [3.63, 3.8) is 0 Å². The molecule has 1 saturated heterocycles. The Morgan fingerprint density at radius 3 is 2.56 bits per heavy atom. The highest BCUT2D eigenvalue weighted by Gasteiger charge is 2.45. The fourth-order valence-electron chi connectivity index (χ4n) is 4.12. The van der Waals surface area contributed by atoms with Gasteiger partial charge in [0.1, 0.15) is 30.2 Å². The van der Waals surface area contributed by atoms with Crippen molar-refractivity contribution >= 4 is 0 Å². The number of hydrogen-bond donors (Lipinski definition) is 7. The molecule has 1 fully saturated rings. The Hall–Kier alpha value is -2.25. The molecule has 0 aliphatic carbocycles. The Morgan fingerprint density at radius 2 is 1.89 bits per heavy atom. The number of aryl methyl sites for hydroxylation is 1. The molecule has 1 aliphatic heterocycles. The molecule has 1 aliphatic rings. The fourth-order valence-corrected chi connectivity index (χ4v) is 4.12. The molecule has 2 heterocycles. The van der Waals surface area contributed by atoms with Crippen molar-refractivity contribution in [1.29, 1.82) is 0 Å². The first-order valence-electron chi connectivity index (χ1n) is 12.3. The third kappa shape index (κ3) is 6.94. The second kappa shape index (κ2) is 13.3. The first-order valence-corrected chi connectivity index (χ1v) is 12.3. The smallest absolute Gasteiger partial charge is 0.238 e. The van der Waals surface area contributed by atoms with Gasteiger partial charge >= 0.3 is 0 Å². The number of benzene rings is 1. The van der Waals surface area contributed by atoms with Crippen LogP contribution in [0.2, 0.25) is 0 Å². The van der Waals surface area contributed by atoms with Gasteiger partial charge in [0.05, 0.1) is 19.8 Å². The standard InChI is InChI=1S/C25H39N3O8/c1-14(2)20-18(12-16-5-6-17(11-15(16)3)34-10-4-7-26-8-9-29)24(28-27-20)36-25-23(33)22(32)21(31)19(13-30)35-25/h5-6,11,14,19,21-23,25-26,29-33H,4,7-10,12-13H2,1-3H3,(H,27,28)/t19-,21+,22+,23-,25+/m1/s1. The molecule has 11 nitrogen and oxygen atoms in total. The molecule has 7 N–H and O–H groups in total. The van der Waals surface area contributed by atoms with E-state index in [9.17, 15) is 20.4 Å². The van der Waals surface area contributed by atoms with Crippen molar-refractivity contribution < 1.29 is 39.7 Å². The molecule has 3 rings (SSSR count). The highest BCUT2D eigenvalue weighted by molar-refractivity contribution is 5.42. The van der Waals surface area contributed by atoms with Gasteiger partial charge in [-0.1, -0.05) is 19.9 Å². The van der Waals surface area contributed by atoms with Gasteiger partial charge in [-0.25, -0.2) is 0 Å². The highest BCUT2D eigenvalue weighted by atomic mass is 16.7. The predicted octanol–water partition coefficient (Wildman–Crippen LogP) is -0.0382. The lowest BCUT2D eigenvalue weighted by Crippen LogP contribution is -2.60. The van der Waals surface area contributed by atoms with E-state index in [0.717, 1.165) is 41.1 Å². The number of aliphatic hydroxyl groups is 5. The topological polar surface area (TPSA) is 170 Å². The van der Waals surface area contributed by atoms with Gasteiger partial charge in [-0.3, -0.25) is 5.10 Å². The molecule has 202 valence electrons. The molecule has 0 bridgehead atoms. The number of aliphatic hydroxyl groups excluding tert-OH is 5. The second-order valence-corrected chi connectivity index (χ2v) is 9.33. The van der Waals surface area contributed by atoms with Crippen LogP contribution in [0.4, 0.5) is 0 Å². The van der Waals surface area contributed by atoms with Gasteiger partial charge in [-0.2, -0.15) is 0 Å². The van der Waals surface area contributed by atoms with Crippen molar-refractivity contribution in [3.05, 3.63) is 40.6 Å². The summed E-state index contributed by atoms with van der Waals surface area (Å²) in [4.78, 5) is 0. The molecule has 5 atom stereocenters. The van der Waals surface area contributed by atoms with E-state index in [1.165, 1.54) is 0 Å². The van der Waals surface area contributed by atoms with Crippen LogP contribution in [0.5, 0.6) is 11.6 Å². The minimum atomic E-state index is -1.53. The number of hydrogen-bond acceptors (Lipinski definition) is 10. The molecule has 36 heavy (non-hydrogen) atoms. The minimum Gasteiger partial charge on any atom is -0.494 e. The van der Waals surface area contributed by atoms with Gasteiger partial charge in [0.2, 0.25) is 12.2 Å². The van der Waals surface area contributed by atoms with Crippen LogP contribution in [0.1, 0.15) is 48.6 Å². The lowest BCUT2D eigenvalue weighted by molar-refractivity contribution is -0.278. The zero-order valence-corrected chi connectivity index (χ0v) is 21.1. The number of H-pyrrole nitrogens is 1. The van der Waals surface area contributed by atoms with Crippen LogP contribution in [0.25, 0.3) is 0 Å². The number of ether oxygens (including phenoxy) is 3. The summed E-state index contributed by atoms with van der Waals surface area (Å²) in [6.07, 6.45) is -5.58. The number of nitrogens with zero attached hydrogens (tertiary/aromatic N) is 1. The van der Waals surface area contributed by atoms with Crippen LogP contribution in [-0.2, 0) is 11.2 Å². The lowest BCUT2D eigenvalue weighted by Gasteiger charge is -2.39. The number of aromatic nitrogens is 2. The Morgan fingerprint density at radius 1 is 1.11 bits per heavy atom. The minimum absolute atomic E-state index is 0.113. The fraction of sp³-hybridized carbons (Fsp3) is 0.640. The third-order valence-corrected chi connectivity index (χ3v) is 6.25. The summed E-state index contributed by atoms with van der Waals surface area (Å²) >= 11 is 0. The quantitative estimate of drug-likeness (QED) is 0.182. The van der Waals surface area contributed by atoms with Crippen LogP contribution in [0.15, 0.2) is 18.2 Å². The number of nitrogens with one attached hydrogen (secondary N) is 2. The van der Waals surface area contributed by atoms with E-state index < -0.39 is 37.3 Å². The van der Waals surface area contributed by atoms with Crippen LogP contribution in [-0.4, -0.2) is 99.3 Å². The monoisotopic (exact) mass is 509 g/mol. The molecule has 0 unspecified atom stereocenters. The Balaban J connectivity index is 1.72. The molecule has 0 saturated carbocycles. The summed E-state index contributed by atoms with van der Waals surface area (Å²) < 4.78 is 17.2. The average Bonchev–Trinajstić information content (AvgIpc) is 3.25. The summed E-state index contributed by atoms with van der Waals surface area (Å²) in [5, 5.41) is 59.2. The van der Waals surface area contributed by atoms with Crippen LogP contribution in [0, 0.1) is 6.92 Å². The van der Waals surface area contributed by atoms with Crippen LogP contribution in [0.3, 0.4) is 0 Å². The predicted molar refractivity (Wildman–Crippen MR) is 131 cm³/mol. The zero-order chi connectivity index (χ0) is 26.2. The molecular formula is C25H39N3O8. The molecule has 0 amide bonds. The lowest BCUT2D eigenvalue weighted by atomic mass is 9.96. The number of aromatic amines is 1. The Labute approximate surface area is 211 Å². The van der Waals surface area contributed by atoms with Crippen molar-refractivity contribution in [2.75, 3.05) is 32.9 Å². The molecule has 0 spiro atoms. The summed E-state index contributed by atoms with van der Waals surface area (Å²) in [5.74, 6) is 1.10. The van der Waals surface area contributed by atoms with Crippen molar-refractivity contribution in [1.82, 2.24) is 15.5 Å². The maximum Gasteiger partial charge on any atom is 0.238 e. The Kier molecular flexibility index (Phi) is 10.5. The van der Waals surface area contributed by atoms with Crippen molar-refractivity contribution in [3.8, 4) is 11.6 Å². The van der Waals surface area contributed by atoms with E-state index in [0.29, 0.717) is 19.6 Å². The number of rotatable bonds is 13. The van der Waals surface area contributed by atoms with E-state index in [-0.39, 0.29) is 18.4 Å². The first-order chi connectivity index (χ1) is 17.3. The summed E-state index contributed by atoms with van der Waals surface area (Å²) in [6, 6.07) is 5.88. The van der Waals surface area contributed by atoms with E-state index >= 15 is 0 Å². The average molecular weight is 510 g/mol. The maximum atomic E-state index is 10.4. The summed E-state index contributed by atoms with van der Waals surface area (Å²) in [5.41, 5.74) is 3.72. The largest absolute Gasteiger partial charge is 0.494 e. The van der Waals surface area contributed by atoms with Gasteiger partial charge < -0.3 is 45.1 Å². The molecular weight excluding hydrogens is 470 g/mol. The second-order valence-electron chi connectivity index (χ2n) is 9.33. The van der Waals surface area contributed by atoms with Gasteiger partial charge in [0.15, 0.2) is 0 Å². The molecule has 0 radical (unpaired) electrons. The van der Waals surface area contributed by atoms with Gasteiger partial charge in [0, 0.05) is 24.2 Å². The third-order valence-electron chi connectivity index (χ3n) is 6.25. The molecule has 2 aromatic rings. The molecule has 1 aromatic carbocycles. The van der Waals surface area contributed by atoms with Crippen molar-refractivity contribution in [2.45, 2.75) is 70.2 Å². The SMILES string of the molecule is Cc1cc(OCCCNCCO)ccc1Cc1c(O[C@@H]2O[C@H](CO)[C@H](O)[C@H](O)[C@H]2O)n[nH]c1C(C)C. The van der Waals surface area contributed by atoms with E-state index in [2.05, 4.69) is 15.5 Å². The van der Waals surface area contributed by atoms with Crippen LogP contribution >= 0.6 is 0 Å².